The van der Waals surface area contributed by atoms with Gasteiger partial charge >= 0.3 is 6.18 Å². The fraction of sp³-hybridized carbons (Fsp3) is 0.476. The highest BCUT2D eigenvalue weighted by Crippen LogP contribution is 2.35. The van der Waals surface area contributed by atoms with Gasteiger partial charge in [0.15, 0.2) is 5.69 Å². The highest BCUT2D eigenvalue weighted by molar-refractivity contribution is 5.96. The summed E-state index contributed by atoms with van der Waals surface area (Å²) in [5.74, 6) is -1.41. The number of morpholine rings is 1. The number of likely N-dealkylation sites (tertiary alicyclic amines) is 1. The Hall–Kier alpha value is -2.95. The van der Waals surface area contributed by atoms with Crippen LogP contribution in [0.3, 0.4) is 0 Å². The van der Waals surface area contributed by atoms with Crippen LogP contribution in [0, 0.1) is 5.82 Å². The Labute approximate surface area is 181 Å². The molecule has 0 bridgehead atoms. The number of hydrogen-bond acceptors (Lipinski definition) is 4. The third-order valence-electron chi connectivity index (χ3n) is 5.90. The number of benzene rings is 1. The number of ether oxygens (including phenoxy) is 1. The molecule has 2 aliphatic heterocycles. The van der Waals surface area contributed by atoms with E-state index in [1.165, 1.54) is 41.1 Å². The Bertz CT molecular complexity index is 1020. The number of aromatic nitrogens is 2. The van der Waals surface area contributed by atoms with E-state index in [1.807, 2.05) is 0 Å². The van der Waals surface area contributed by atoms with E-state index in [-0.39, 0.29) is 32.1 Å². The zero-order chi connectivity index (χ0) is 23.1. The predicted octanol–water partition coefficient (Wildman–Crippen LogP) is 3.01. The number of halogens is 4. The van der Waals surface area contributed by atoms with E-state index in [0.717, 1.165) is 10.9 Å². The number of nitrogens with zero attached hydrogens (tertiary/aromatic N) is 4. The minimum atomic E-state index is -4.73. The Morgan fingerprint density at radius 3 is 2.56 bits per heavy atom. The average Bonchev–Trinajstić information content (AvgIpc) is 3.03. The van der Waals surface area contributed by atoms with Crippen molar-refractivity contribution in [3.63, 3.8) is 0 Å². The van der Waals surface area contributed by atoms with Crippen molar-refractivity contribution in [1.29, 1.82) is 0 Å². The lowest BCUT2D eigenvalue weighted by atomic mass is 9.92. The quantitative estimate of drug-likeness (QED) is 0.655. The molecule has 2 aliphatic rings. The molecular formula is C21H22F4N4O3. The fourth-order valence-corrected chi connectivity index (χ4v) is 4.27. The topological polar surface area (TPSA) is 67.7 Å². The number of rotatable bonds is 2. The molecule has 7 nitrogen and oxygen atoms in total. The van der Waals surface area contributed by atoms with E-state index >= 15 is 0 Å². The molecule has 0 saturated carbocycles. The van der Waals surface area contributed by atoms with Crippen molar-refractivity contribution in [2.24, 2.45) is 7.05 Å². The van der Waals surface area contributed by atoms with Crippen LogP contribution in [0.15, 0.2) is 30.5 Å². The normalized spacial score (nSPS) is 22.3. The molecule has 0 N–H and O–H groups in total. The van der Waals surface area contributed by atoms with Crippen LogP contribution in [-0.4, -0.2) is 58.3 Å². The number of anilines is 1. The first-order valence-corrected chi connectivity index (χ1v) is 10.2. The van der Waals surface area contributed by atoms with Crippen molar-refractivity contribution in [2.45, 2.75) is 31.0 Å². The highest BCUT2D eigenvalue weighted by atomic mass is 19.4. The van der Waals surface area contributed by atoms with Crippen molar-refractivity contribution >= 4 is 17.5 Å². The smallest absolute Gasteiger partial charge is 0.363 e. The standard InChI is InChI=1S/C21H22F4N4O3/c1-27-11-16(18(26-27)21(23,24)25)19(31)28-9-2-7-20(8-10-28)13-29(17(30)12-32-20)15-5-3-14(22)4-6-15/h3-6,11H,2,7-10,12-13H2,1H3. The molecule has 1 spiro atoms. The van der Waals surface area contributed by atoms with Crippen molar-refractivity contribution in [2.75, 3.05) is 31.1 Å². The van der Waals surface area contributed by atoms with Gasteiger partial charge in [0.05, 0.1) is 17.7 Å². The van der Waals surface area contributed by atoms with Crippen molar-refractivity contribution < 1.29 is 31.9 Å². The second-order valence-electron chi connectivity index (χ2n) is 8.14. The first-order valence-electron chi connectivity index (χ1n) is 10.2. The van der Waals surface area contributed by atoms with Crippen LogP contribution in [0.1, 0.15) is 35.3 Å². The Kier molecular flexibility index (Phi) is 5.70. The summed E-state index contributed by atoms with van der Waals surface area (Å²) in [5.41, 5.74) is -1.88. The summed E-state index contributed by atoms with van der Waals surface area (Å²) < 4.78 is 60.0. The second-order valence-corrected chi connectivity index (χ2v) is 8.14. The molecule has 1 atom stereocenters. The third kappa shape index (κ3) is 4.34. The van der Waals surface area contributed by atoms with Crippen molar-refractivity contribution in [1.82, 2.24) is 14.7 Å². The molecule has 2 saturated heterocycles. The first-order chi connectivity index (χ1) is 15.1. The second kappa shape index (κ2) is 8.19. The van der Waals surface area contributed by atoms with Crippen LogP contribution in [0.4, 0.5) is 23.2 Å². The van der Waals surface area contributed by atoms with Gasteiger partial charge in [0, 0.05) is 32.0 Å². The van der Waals surface area contributed by atoms with Crippen LogP contribution in [0.25, 0.3) is 0 Å². The Morgan fingerprint density at radius 2 is 1.88 bits per heavy atom. The van der Waals surface area contributed by atoms with Crippen LogP contribution < -0.4 is 4.90 Å². The highest BCUT2D eigenvalue weighted by Gasteiger charge is 2.44. The molecule has 4 rings (SSSR count). The number of amides is 2. The van der Waals surface area contributed by atoms with Gasteiger partial charge in [0.2, 0.25) is 0 Å². The summed E-state index contributed by atoms with van der Waals surface area (Å²) >= 11 is 0. The number of aryl methyl sites for hydroxylation is 1. The van der Waals surface area contributed by atoms with Crippen LogP contribution >= 0.6 is 0 Å². The monoisotopic (exact) mass is 454 g/mol. The third-order valence-corrected chi connectivity index (χ3v) is 5.90. The number of hydrogen-bond donors (Lipinski definition) is 0. The molecule has 2 fully saturated rings. The van der Waals surface area contributed by atoms with E-state index in [4.69, 9.17) is 4.74 Å². The fourth-order valence-electron chi connectivity index (χ4n) is 4.27. The molecule has 0 radical (unpaired) electrons. The molecule has 2 aromatic rings. The van der Waals surface area contributed by atoms with Crippen molar-refractivity contribution in [3.8, 4) is 0 Å². The summed E-state index contributed by atoms with van der Waals surface area (Å²) in [7, 11) is 1.33. The zero-order valence-corrected chi connectivity index (χ0v) is 17.4. The van der Waals surface area contributed by atoms with E-state index in [9.17, 15) is 27.2 Å². The van der Waals surface area contributed by atoms with Gasteiger partial charge in [-0.3, -0.25) is 14.3 Å². The molecule has 1 aromatic carbocycles. The van der Waals surface area contributed by atoms with E-state index in [1.54, 1.807) is 0 Å². The number of carbonyl (C=O) groups is 2. The largest absolute Gasteiger partial charge is 0.435 e. The molecule has 1 aromatic heterocycles. The lowest BCUT2D eigenvalue weighted by Crippen LogP contribution is -2.55. The Balaban J connectivity index is 1.51. The minimum Gasteiger partial charge on any atom is -0.363 e. The maximum atomic E-state index is 13.3. The van der Waals surface area contributed by atoms with Gasteiger partial charge in [-0.25, -0.2) is 4.39 Å². The van der Waals surface area contributed by atoms with Gasteiger partial charge < -0.3 is 14.5 Å². The van der Waals surface area contributed by atoms with Crippen LogP contribution in [0.2, 0.25) is 0 Å². The van der Waals surface area contributed by atoms with Crippen molar-refractivity contribution in [3.05, 3.63) is 47.5 Å². The van der Waals surface area contributed by atoms with E-state index in [2.05, 4.69) is 5.10 Å². The molecule has 172 valence electrons. The molecule has 0 aliphatic carbocycles. The summed E-state index contributed by atoms with van der Waals surface area (Å²) in [5, 5.41) is 3.41. The maximum absolute atomic E-state index is 13.3. The van der Waals surface area contributed by atoms with E-state index < -0.39 is 34.8 Å². The first kappa shape index (κ1) is 22.3. The number of carbonyl (C=O) groups excluding carboxylic acids is 2. The zero-order valence-electron chi connectivity index (χ0n) is 17.4. The molecule has 1 unspecified atom stereocenters. The molecule has 32 heavy (non-hydrogen) atoms. The molecule has 2 amide bonds. The van der Waals surface area contributed by atoms with Gasteiger partial charge in [-0.05, 0) is 43.5 Å². The predicted molar refractivity (Wildman–Crippen MR) is 105 cm³/mol. The Morgan fingerprint density at radius 1 is 1.16 bits per heavy atom. The minimum absolute atomic E-state index is 0.161. The average molecular weight is 454 g/mol. The SMILES string of the molecule is Cn1cc(C(=O)N2CCCC3(CC2)CN(c2ccc(F)cc2)C(=O)CO3)c(C(F)(F)F)n1. The van der Waals surface area contributed by atoms with Gasteiger partial charge in [-0.15, -0.1) is 0 Å². The van der Waals surface area contributed by atoms with Gasteiger partial charge in [-0.1, -0.05) is 0 Å². The van der Waals surface area contributed by atoms with Gasteiger partial charge in [-0.2, -0.15) is 18.3 Å². The molecule has 3 heterocycles. The number of alkyl halides is 3. The maximum Gasteiger partial charge on any atom is 0.435 e. The van der Waals surface area contributed by atoms with Crippen LogP contribution in [0.5, 0.6) is 0 Å². The van der Waals surface area contributed by atoms with Crippen LogP contribution in [-0.2, 0) is 22.8 Å². The lowest BCUT2D eigenvalue weighted by molar-refractivity contribution is -0.141. The molecular weight excluding hydrogens is 432 g/mol. The summed E-state index contributed by atoms with van der Waals surface area (Å²) in [6.45, 7) is 0.503. The summed E-state index contributed by atoms with van der Waals surface area (Å²) in [6, 6.07) is 5.56. The summed E-state index contributed by atoms with van der Waals surface area (Å²) in [4.78, 5) is 28.2. The van der Waals surface area contributed by atoms with Gasteiger partial charge in [0.25, 0.3) is 11.8 Å². The summed E-state index contributed by atoms with van der Waals surface area (Å²) in [6.07, 6.45) is -2.27. The van der Waals surface area contributed by atoms with Gasteiger partial charge in [0.1, 0.15) is 12.4 Å². The lowest BCUT2D eigenvalue weighted by Gasteiger charge is -2.42. The molecule has 11 heteroatoms. The van der Waals surface area contributed by atoms with E-state index in [0.29, 0.717) is 24.9 Å².